The van der Waals surface area contributed by atoms with Crippen LogP contribution >= 0.6 is 0 Å². The minimum absolute atomic E-state index is 0.0114. The first kappa shape index (κ1) is 18.5. The van der Waals surface area contributed by atoms with Gasteiger partial charge in [-0.3, -0.25) is 4.79 Å². The molecule has 0 aliphatic heterocycles. The first-order chi connectivity index (χ1) is 12.8. The van der Waals surface area contributed by atoms with E-state index < -0.39 is 34.4 Å². The molecule has 0 radical (unpaired) electrons. The van der Waals surface area contributed by atoms with Crippen LogP contribution in [0.1, 0.15) is 10.4 Å². The molecule has 0 bridgehead atoms. The number of aromatic nitrogens is 1. The van der Waals surface area contributed by atoms with Gasteiger partial charge in [0.15, 0.2) is 0 Å². The molecular weight excluding hydrogens is 365 g/mol. The molecule has 0 aliphatic carbocycles. The number of aromatic carboxylic acids is 1. The highest BCUT2D eigenvalue weighted by atomic mass is 19.1. The minimum atomic E-state index is -1.57. The predicted molar refractivity (Wildman–Crippen MR) is 92.0 cm³/mol. The average molecular weight is 378 g/mol. The van der Waals surface area contributed by atoms with E-state index in [0.29, 0.717) is 6.07 Å². The van der Waals surface area contributed by atoms with Gasteiger partial charge in [0, 0.05) is 24.2 Å². The van der Waals surface area contributed by atoms with Crippen LogP contribution in [-0.2, 0) is 0 Å². The van der Waals surface area contributed by atoms with Crippen molar-refractivity contribution in [3.8, 4) is 5.69 Å². The van der Waals surface area contributed by atoms with Crippen molar-refractivity contribution < 1.29 is 28.2 Å². The van der Waals surface area contributed by atoms with Crippen LogP contribution in [-0.4, -0.2) is 33.9 Å². The molecule has 9 heteroatoms. The molecule has 0 saturated carbocycles. The van der Waals surface area contributed by atoms with E-state index in [-0.39, 0.29) is 35.4 Å². The quantitative estimate of drug-likeness (QED) is 0.635. The topological polar surface area (TPSA) is 91.6 Å². The van der Waals surface area contributed by atoms with Gasteiger partial charge < -0.3 is 20.1 Å². The zero-order valence-electron chi connectivity index (χ0n) is 13.7. The van der Waals surface area contributed by atoms with E-state index in [2.05, 4.69) is 5.32 Å². The lowest BCUT2D eigenvalue weighted by atomic mass is 10.1. The van der Waals surface area contributed by atoms with E-state index in [1.807, 2.05) is 0 Å². The number of fused-ring (bicyclic) bond motifs is 1. The number of pyridine rings is 1. The lowest BCUT2D eigenvalue weighted by Crippen LogP contribution is -2.19. The molecule has 27 heavy (non-hydrogen) atoms. The number of carboxylic acids is 1. The Balaban J connectivity index is 2.40. The maximum atomic E-state index is 14.3. The van der Waals surface area contributed by atoms with Crippen LogP contribution in [0.5, 0.6) is 0 Å². The number of aliphatic hydroxyl groups excluding tert-OH is 1. The molecule has 3 aromatic rings. The second-order valence-electron chi connectivity index (χ2n) is 5.64. The standard InChI is InChI=1S/C18H13F3N2O4/c19-9-1-2-15(13(21)5-9)23-8-11(18(26)27)17(25)10-6-12(20)14(7-16(10)23)22-3-4-24/h1-2,5-8,22,24H,3-4H2,(H,26,27). The summed E-state index contributed by atoms with van der Waals surface area (Å²) in [5, 5.41) is 20.4. The van der Waals surface area contributed by atoms with Crippen molar-refractivity contribution >= 4 is 22.6 Å². The Morgan fingerprint density at radius 2 is 1.85 bits per heavy atom. The van der Waals surface area contributed by atoms with Crippen molar-refractivity contribution in [3.63, 3.8) is 0 Å². The van der Waals surface area contributed by atoms with Gasteiger partial charge in [-0.25, -0.2) is 18.0 Å². The first-order valence-corrected chi connectivity index (χ1v) is 7.76. The van der Waals surface area contributed by atoms with Crippen molar-refractivity contribution in [3.05, 3.63) is 69.8 Å². The number of hydrogen-bond donors (Lipinski definition) is 3. The van der Waals surface area contributed by atoms with Crippen molar-refractivity contribution in [1.82, 2.24) is 4.57 Å². The maximum absolute atomic E-state index is 14.3. The number of aliphatic hydroxyl groups is 1. The zero-order valence-corrected chi connectivity index (χ0v) is 13.7. The first-order valence-electron chi connectivity index (χ1n) is 7.76. The number of hydrogen-bond acceptors (Lipinski definition) is 4. The Kier molecular flexibility index (Phi) is 4.87. The normalized spacial score (nSPS) is 11.0. The van der Waals surface area contributed by atoms with Crippen molar-refractivity contribution in [2.75, 3.05) is 18.5 Å². The summed E-state index contributed by atoms with van der Waals surface area (Å²) >= 11 is 0. The van der Waals surface area contributed by atoms with E-state index in [9.17, 15) is 27.9 Å². The van der Waals surface area contributed by atoms with Crippen LogP contribution in [0.25, 0.3) is 16.6 Å². The summed E-state index contributed by atoms with van der Waals surface area (Å²) in [4.78, 5) is 23.8. The van der Waals surface area contributed by atoms with Gasteiger partial charge in [-0.2, -0.15) is 0 Å². The van der Waals surface area contributed by atoms with Gasteiger partial charge in [0.1, 0.15) is 23.0 Å². The van der Waals surface area contributed by atoms with Crippen molar-refractivity contribution in [1.29, 1.82) is 0 Å². The van der Waals surface area contributed by atoms with E-state index in [0.717, 1.165) is 29.0 Å². The molecule has 3 rings (SSSR count). The second-order valence-corrected chi connectivity index (χ2v) is 5.64. The molecule has 0 saturated heterocycles. The third kappa shape index (κ3) is 3.36. The van der Waals surface area contributed by atoms with Gasteiger partial charge in [-0.05, 0) is 24.3 Å². The molecule has 0 aliphatic rings. The fraction of sp³-hybridized carbons (Fsp3) is 0.111. The number of nitrogens with zero attached hydrogens (tertiary/aromatic N) is 1. The number of anilines is 1. The van der Waals surface area contributed by atoms with Crippen LogP contribution in [0.2, 0.25) is 0 Å². The van der Waals surface area contributed by atoms with Crippen LogP contribution in [0.4, 0.5) is 18.9 Å². The number of benzene rings is 2. The average Bonchev–Trinajstić information content (AvgIpc) is 2.61. The summed E-state index contributed by atoms with van der Waals surface area (Å²) in [5.41, 5.74) is -1.91. The third-order valence-corrected chi connectivity index (χ3v) is 3.92. The number of carbonyl (C=O) groups is 1. The van der Waals surface area contributed by atoms with Gasteiger partial charge >= 0.3 is 5.97 Å². The SMILES string of the molecule is O=C(O)c1cn(-c2ccc(F)cc2F)c2cc(NCCO)c(F)cc2c1=O. The third-order valence-electron chi connectivity index (χ3n) is 3.92. The Morgan fingerprint density at radius 1 is 1.11 bits per heavy atom. The van der Waals surface area contributed by atoms with Crippen LogP contribution in [0, 0.1) is 17.5 Å². The molecule has 1 aromatic heterocycles. The summed E-state index contributed by atoms with van der Waals surface area (Å²) in [5.74, 6) is -4.25. The fourth-order valence-electron chi connectivity index (χ4n) is 2.70. The smallest absolute Gasteiger partial charge is 0.341 e. The van der Waals surface area contributed by atoms with Crippen molar-refractivity contribution in [2.24, 2.45) is 0 Å². The van der Waals surface area contributed by atoms with E-state index in [1.54, 1.807) is 0 Å². The molecule has 0 unspecified atom stereocenters. The highest BCUT2D eigenvalue weighted by molar-refractivity contribution is 5.94. The Hall–Kier alpha value is -3.33. The lowest BCUT2D eigenvalue weighted by molar-refractivity contribution is 0.0695. The highest BCUT2D eigenvalue weighted by Gasteiger charge is 2.19. The molecule has 2 aromatic carbocycles. The summed E-state index contributed by atoms with van der Waals surface area (Å²) in [6.07, 6.45) is 0.900. The molecule has 0 atom stereocenters. The maximum Gasteiger partial charge on any atom is 0.341 e. The molecule has 140 valence electrons. The number of halogens is 3. The molecule has 0 spiro atoms. The van der Waals surface area contributed by atoms with Gasteiger partial charge in [0.25, 0.3) is 0 Å². The summed E-state index contributed by atoms with van der Waals surface area (Å²) in [6.45, 7) is -0.264. The Labute approximate surface area is 150 Å². The fourth-order valence-corrected chi connectivity index (χ4v) is 2.70. The monoisotopic (exact) mass is 378 g/mol. The van der Waals surface area contributed by atoms with E-state index in [1.165, 1.54) is 6.07 Å². The molecule has 0 amide bonds. The molecule has 6 nitrogen and oxygen atoms in total. The Morgan fingerprint density at radius 3 is 2.48 bits per heavy atom. The van der Waals surface area contributed by atoms with Gasteiger partial charge in [-0.1, -0.05) is 0 Å². The molecule has 0 fully saturated rings. The minimum Gasteiger partial charge on any atom is -0.477 e. The van der Waals surface area contributed by atoms with Crippen molar-refractivity contribution in [2.45, 2.75) is 0 Å². The van der Waals surface area contributed by atoms with E-state index >= 15 is 0 Å². The molecular formula is C18H13F3N2O4. The summed E-state index contributed by atoms with van der Waals surface area (Å²) in [7, 11) is 0. The van der Waals surface area contributed by atoms with Gasteiger partial charge in [0.2, 0.25) is 5.43 Å². The summed E-state index contributed by atoms with van der Waals surface area (Å²) < 4.78 is 42.8. The number of nitrogens with one attached hydrogen (secondary N) is 1. The van der Waals surface area contributed by atoms with Gasteiger partial charge in [-0.15, -0.1) is 0 Å². The molecule has 3 N–H and O–H groups in total. The largest absolute Gasteiger partial charge is 0.477 e. The zero-order chi connectivity index (χ0) is 19.7. The Bertz CT molecular complexity index is 1110. The predicted octanol–water partition coefficient (Wildman–Crippen LogP) is 2.51. The lowest BCUT2D eigenvalue weighted by Gasteiger charge is -2.15. The van der Waals surface area contributed by atoms with Gasteiger partial charge in [0.05, 0.1) is 23.5 Å². The van der Waals surface area contributed by atoms with Crippen LogP contribution in [0.15, 0.2) is 41.3 Å². The van der Waals surface area contributed by atoms with Crippen LogP contribution < -0.4 is 10.7 Å². The number of carboxylic acid groups (broad SMARTS) is 1. The molecule has 1 heterocycles. The van der Waals surface area contributed by atoms with E-state index in [4.69, 9.17) is 5.11 Å². The van der Waals surface area contributed by atoms with Crippen LogP contribution in [0.3, 0.4) is 0 Å². The second kappa shape index (κ2) is 7.12. The number of rotatable bonds is 5. The summed E-state index contributed by atoms with van der Waals surface area (Å²) in [6, 6.07) is 4.67. The highest BCUT2D eigenvalue weighted by Crippen LogP contribution is 2.25.